The van der Waals surface area contributed by atoms with Crippen molar-refractivity contribution in [3.05, 3.63) is 30.3 Å². The molecule has 1 unspecified atom stereocenters. The SMILES string of the molecule is CCCCC(CC)COCCCNC(=O)Nc1ccccc1. The lowest BCUT2D eigenvalue weighted by Gasteiger charge is -2.14. The maximum atomic E-state index is 11.7. The Morgan fingerprint density at radius 2 is 1.95 bits per heavy atom. The van der Waals surface area contributed by atoms with E-state index in [4.69, 9.17) is 4.74 Å². The first-order valence-corrected chi connectivity index (χ1v) is 8.43. The first-order chi connectivity index (χ1) is 10.8. The zero-order valence-electron chi connectivity index (χ0n) is 13.9. The van der Waals surface area contributed by atoms with Crippen molar-refractivity contribution in [3.63, 3.8) is 0 Å². The number of carbonyl (C=O) groups is 1. The van der Waals surface area contributed by atoms with Gasteiger partial charge in [0.1, 0.15) is 0 Å². The zero-order chi connectivity index (χ0) is 16.0. The molecule has 0 saturated carbocycles. The van der Waals surface area contributed by atoms with Crippen LogP contribution in [0.4, 0.5) is 10.5 Å². The predicted octanol–water partition coefficient (Wildman–Crippen LogP) is 4.43. The number of carbonyl (C=O) groups excluding carboxylic acids is 1. The van der Waals surface area contributed by atoms with E-state index in [-0.39, 0.29) is 6.03 Å². The molecule has 0 radical (unpaired) electrons. The van der Waals surface area contributed by atoms with E-state index < -0.39 is 0 Å². The molecule has 0 aliphatic carbocycles. The van der Waals surface area contributed by atoms with Crippen LogP contribution in [0.3, 0.4) is 0 Å². The lowest BCUT2D eigenvalue weighted by atomic mass is 10.0. The van der Waals surface area contributed by atoms with E-state index in [9.17, 15) is 4.79 Å². The van der Waals surface area contributed by atoms with Crippen molar-refractivity contribution in [1.82, 2.24) is 5.32 Å². The fourth-order valence-corrected chi connectivity index (χ4v) is 2.22. The summed E-state index contributed by atoms with van der Waals surface area (Å²) in [5.41, 5.74) is 0.804. The largest absolute Gasteiger partial charge is 0.381 e. The van der Waals surface area contributed by atoms with Gasteiger partial charge in [-0.2, -0.15) is 0 Å². The van der Waals surface area contributed by atoms with E-state index in [0.717, 1.165) is 18.7 Å². The maximum absolute atomic E-state index is 11.7. The van der Waals surface area contributed by atoms with Gasteiger partial charge in [-0.1, -0.05) is 51.3 Å². The molecule has 4 nitrogen and oxygen atoms in total. The van der Waals surface area contributed by atoms with Gasteiger partial charge in [-0.25, -0.2) is 4.79 Å². The second-order valence-electron chi connectivity index (χ2n) is 5.59. The van der Waals surface area contributed by atoms with Crippen LogP contribution in [-0.2, 0) is 4.74 Å². The Bertz CT molecular complexity index is 395. The van der Waals surface area contributed by atoms with E-state index >= 15 is 0 Å². The average Bonchev–Trinajstić information content (AvgIpc) is 2.54. The Labute approximate surface area is 134 Å². The molecule has 0 aliphatic rings. The number of anilines is 1. The smallest absolute Gasteiger partial charge is 0.319 e. The first kappa shape index (κ1) is 18.5. The number of para-hydroxylation sites is 1. The molecule has 0 heterocycles. The van der Waals surface area contributed by atoms with Crippen LogP contribution in [-0.4, -0.2) is 25.8 Å². The second-order valence-corrected chi connectivity index (χ2v) is 5.59. The number of benzene rings is 1. The van der Waals surface area contributed by atoms with Crippen molar-refractivity contribution in [2.75, 3.05) is 25.1 Å². The number of ether oxygens (including phenoxy) is 1. The van der Waals surface area contributed by atoms with Gasteiger partial charge in [0.15, 0.2) is 0 Å². The summed E-state index contributed by atoms with van der Waals surface area (Å²) < 4.78 is 5.71. The molecule has 2 amide bonds. The summed E-state index contributed by atoms with van der Waals surface area (Å²) in [7, 11) is 0. The van der Waals surface area contributed by atoms with E-state index in [1.165, 1.54) is 25.7 Å². The molecular weight excluding hydrogens is 276 g/mol. The van der Waals surface area contributed by atoms with Crippen molar-refractivity contribution >= 4 is 11.7 Å². The Hall–Kier alpha value is -1.55. The van der Waals surface area contributed by atoms with Gasteiger partial charge < -0.3 is 15.4 Å². The minimum Gasteiger partial charge on any atom is -0.381 e. The van der Waals surface area contributed by atoms with Crippen LogP contribution in [0, 0.1) is 5.92 Å². The molecule has 1 rings (SSSR count). The molecule has 1 aromatic rings. The van der Waals surface area contributed by atoms with Gasteiger partial charge in [0.05, 0.1) is 0 Å². The van der Waals surface area contributed by atoms with E-state index in [0.29, 0.717) is 19.1 Å². The maximum Gasteiger partial charge on any atom is 0.319 e. The Kier molecular flexibility index (Phi) is 10.1. The van der Waals surface area contributed by atoms with Gasteiger partial charge in [0.25, 0.3) is 0 Å². The van der Waals surface area contributed by atoms with Crippen LogP contribution < -0.4 is 10.6 Å². The van der Waals surface area contributed by atoms with Crippen molar-refractivity contribution in [3.8, 4) is 0 Å². The molecular formula is C18H30N2O2. The van der Waals surface area contributed by atoms with Crippen molar-refractivity contribution in [2.24, 2.45) is 5.92 Å². The highest BCUT2D eigenvalue weighted by Gasteiger charge is 2.05. The molecule has 2 N–H and O–H groups in total. The number of hydrogen-bond donors (Lipinski definition) is 2. The van der Waals surface area contributed by atoms with Crippen LogP contribution in [0.2, 0.25) is 0 Å². The quantitative estimate of drug-likeness (QED) is 0.594. The van der Waals surface area contributed by atoms with Gasteiger partial charge in [0.2, 0.25) is 0 Å². The summed E-state index contributed by atoms with van der Waals surface area (Å²) in [6.07, 6.45) is 5.80. The van der Waals surface area contributed by atoms with Crippen LogP contribution in [0.25, 0.3) is 0 Å². The molecule has 4 heteroatoms. The van der Waals surface area contributed by atoms with Gasteiger partial charge in [-0.3, -0.25) is 0 Å². The van der Waals surface area contributed by atoms with Crippen molar-refractivity contribution < 1.29 is 9.53 Å². The normalized spacial score (nSPS) is 11.9. The van der Waals surface area contributed by atoms with Crippen LogP contribution in [0.5, 0.6) is 0 Å². The molecule has 22 heavy (non-hydrogen) atoms. The molecule has 0 aromatic heterocycles. The van der Waals surface area contributed by atoms with Crippen LogP contribution in [0.15, 0.2) is 30.3 Å². The predicted molar refractivity (Wildman–Crippen MR) is 92.2 cm³/mol. The third-order valence-corrected chi connectivity index (χ3v) is 3.68. The fourth-order valence-electron chi connectivity index (χ4n) is 2.22. The standard InChI is InChI=1S/C18H30N2O2/c1-3-5-10-16(4-2)15-22-14-9-13-19-18(21)20-17-11-7-6-8-12-17/h6-8,11-12,16H,3-5,9-10,13-15H2,1-2H3,(H2,19,20,21). The minimum atomic E-state index is -0.166. The highest BCUT2D eigenvalue weighted by molar-refractivity contribution is 5.89. The third-order valence-electron chi connectivity index (χ3n) is 3.68. The molecule has 0 fully saturated rings. The summed E-state index contributed by atoms with van der Waals surface area (Å²) in [5.74, 6) is 0.675. The molecule has 0 spiro atoms. The number of urea groups is 1. The summed E-state index contributed by atoms with van der Waals surface area (Å²) in [6.45, 7) is 6.62. The van der Waals surface area contributed by atoms with Gasteiger partial charge in [-0.15, -0.1) is 0 Å². The Morgan fingerprint density at radius 3 is 2.64 bits per heavy atom. The zero-order valence-corrected chi connectivity index (χ0v) is 13.9. The van der Waals surface area contributed by atoms with Gasteiger partial charge in [0, 0.05) is 25.4 Å². The second kappa shape index (κ2) is 12.0. The number of rotatable bonds is 11. The molecule has 0 bridgehead atoms. The van der Waals surface area contributed by atoms with Crippen LogP contribution >= 0.6 is 0 Å². The highest BCUT2D eigenvalue weighted by atomic mass is 16.5. The topological polar surface area (TPSA) is 50.4 Å². The molecule has 0 aliphatic heterocycles. The van der Waals surface area contributed by atoms with Gasteiger partial charge in [-0.05, 0) is 30.9 Å². The third kappa shape index (κ3) is 8.67. The average molecular weight is 306 g/mol. The Balaban J connectivity index is 2.01. The van der Waals surface area contributed by atoms with Crippen LogP contribution in [0.1, 0.15) is 46.0 Å². The van der Waals surface area contributed by atoms with Gasteiger partial charge >= 0.3 is 6.03 Å². The number of hydrogen-bond acceptors (Lipinski definition) is 2. The molecule has 1 atom stereocenters. The Morgan fingerprint density at radius 1 is 1.18 bits per heavy atom. The van der Waals surface area contributed by atoms with Crippen molar-refractivity contribution in [1.29, 1.82) is 0 Å². The summed E-state index contributed by atoms with van der Waals surface area (Å²) >= 11 is 0. The summed E-state index contributed by atoms with van der Waals surface area (Å²) in [5, 5.41) is 5.63. The number of amides is 2. The van der Waals surface area contributed by atoms with E-state index in [1.54, 1.807) is 0 Å². The molecule has 0 saturated heterocycles. The molecule has 1 aromatic carbocycles. The first-order valence-electron chi connectivity index (χ1n) is 8.43. The lowest BCUT2D eigenvalue weighted by molar-refractivity contribution is 0.0925. The minimum absolute atomic E-state index is 0.166. The summed E-state index contributed by atoms with van der Waals surface area (Å²) in [6, 6.07) is 9.27. The fraction of sp³-hybridized carbons (Fsp3) is 0.611. The van der Waals surface area contributed by atoms with Crippen molar-refractivity contribution in [2.45, 2.75) is 46.0 Å². The summed E-state index contributed by atoms with van der Waals surface area (Å²) in [4.78, 5) is 11.7. The molecule has 124 valence electrons. The highest BCUT2D eigenvalue weighted by Crippen LogP contribution is 2.12. The monoisotopic (exact) mass is 306 g/mol. The van der Waals surface area contributed by atoms with E-state index in [1.807, 2.05) is 30.3 Å². The number of unbranched alkanes of at least 4 members (excludes halogenated alkanes) is 1. The number of nitrogens with one attached hydrogen (secondary N) is 2. The van der Waals surface area contributed by atoms with E-state index in [2.05, 4.69) is 24.5 Å². The lowest BCUT2D eigenvalue weighted by Crippen LogP contribution is -2.30.